The van der Waals surface area contributed by atoms with Crippen molar-refractivity contribution in [2.45, 2.75) is 6.18 Å². The Kier molecular flexibility index (Phi) is 3.30. The second-order valence-electron chi connectivity index (χ2n) is 4.26. The van der Waals surface area contributed by atoms with E-state index in [1.54, 1.807) is 24.3 Å². The molecule has 3 rings (SSSR count). The first-order valence-corrected chi connectivity index (χ1v) is 6.49. The molecule has 0 unspecified atom stereocenters. The van der Waals surface area contributed by atoms with Gasteiger partial charge in [-0.3, -0.25) is 0 Å². The lowest BCUT2D eigenvalue weighted by Crippen LogP contribution is -2.10. The van der Waals surface area contributed by atoms with Crippen LogP contribution in [0.25, 0.3) is 16.8 Å². The molecule has 8 heteroatoms. The highest BCUT2D eigenvalue weighted by molar-refractivity contribution is 6.30. The highest BCUT2D eigenvalue weighted by Gasteiger charge is 2.34. The first-order valence-electron chi connectivity index (χ1n) is 5.73. The average Bonchev–Trinajstić information content (AvgIpc) is 2.83. The normalized spacial score (nSPS) is 12.0. The van der Waals surface area contributed by atoms with Crippen LogP contribution in [0.15, 0.2) is 36.5 Å². The number of rotatable bonds is 1. The van der Waals surface area contributed by atoms with Gasteiger partial charge < -0.3 is 0 Å². The molecule has 0 spiro atoms. The van der Waals surface area contributed by atoms with Crippen molar-refractivity contribution < 1.29 is 13.2 Å². The summed E-state index contributed by atoms with van der Waals surface area (Å²) in [7, 11) is 0. The zero-order chi connectivity index (χ0) is 15.2. The molecule has 0 saturated heterocycles. The second-order valence-corrected chi connectivity index (χ2v) is 5.09. The predicted octanol–water partition coefficient (Wildman–Crippen LogP) is 4.72. The van der Waals surface area contributed by atoms with Crippen molar-refractivity contribution in [1.29, 1.82) is 0 Å². The number of alkyl halides is 3. The molecular formula is C13H6Cl2F3N3. The van der Waals surface area contributed by atoms with Crippen LogP contribution >= 0.6 is 23.2 Å². The minimum absolute atomic E-state index is 0.0390. The molecule has 0 bridgehead atoms. The molecule has 108 valence electrons. The van der Waals surface area contributed by atoms with Crippen LogP contribution in [0.5, 0.6) is 0 Å². The number of benzene rings is 1. The second kappa shape index (κ2) is 4.89. The van der Waals surface area contributed by atoms with E-state index >= 15 is 0 Å². The lowest BCUT2D eigenvalue weighted by atomic mass is 10.1. The van der Waals surface area contributed by atoms with Gasteiger partial charge in [-0.15, -0.1) is 0 Å². The number of nitrogens with zero attached hydrogens (tertiary/aromatic N) is 3. The number of halogens is 5. The smallest absolute Gasteiger partial charge is 0.223 e. The van der Waals surface area contributed by atoms with Crippen molar-refractivity contribution in [3.8, 4) is 11.1 Å². The maximum absolute atomic E-state index is 12.8. The molecule has 0 radical (unpaired) electrons. The van der Waals surface area contributed by atoms with Crippen LogP contribution < -0.4 is 0 Å². The summed E-state index contributed by atoms with van der Waals surface area (Å²) in [6, 6.07) is 7.36. The molecule has 2 aromatic heterocycles. The van der Waals surface area contributed by atoms with Crippen molar-refractivity contribution in [2.75, 3.05) is 0 Å². The van der Waals surface area contributed by atoms with E-state index in [1.165, 1.54) is 6.20 Å². The number of aromatic nitrogens is 3. The van der Waals surface area contributed by atoms with E-state index in [-0.39, 0.29) is 10.8 Å². The van der Waals surface area contributed by atoms with Gasteiger partial charge >= 0.3 is 6.18 Å². The van der Waals surface area contributed by atoms with Crippen LogP contribution in [0.4, 0.5) is 13.2 Å². The molecule has 0 aliphatic rings. The highest BCUT2D eigenvalue weighted by Crippen LogP contribution is 2.32. The minimum Gasteiger partial charge on any atom is -0.223 e. The highest BCUT2D eigenvalue weighted by atomic mass is 35.5. The SMILES string of the molecule is FC(F)(F)c1cc(Cl)n2ncc(-c3ccc(Cl)cc3)c2n1. The summed E-state index contributed by atoms with van der Waals surface area (Å²) < 4.78 is 39.6. The topological polar surface area (TPSA) is 30.2 Å². The van der Waals surface area contributed by atoms with Crippen LogP contribution in [0, 0.1) is 0 Å². The van der Waals surface area contributed by atoms with Crippen LogP contribution in [-0.4, -0.2) is 14.6 Å². The number of hydrogen-bond acceptors (Lipinski definition) is 2. The van der Waals surface area contributed by atoms with Crippen LogP contribution in [-0.2, 0) is 6.18 Å². The van der Waals surface area contributed by atoms with Gasteiger partial charge in [0.1, 0.15) is 10.8 Å². The number of fused-ring (bicyclic) bond motifs is 1. The Morgan fingerprint density at radius 3 is 2.33 bits per heavy atom. The largest absolute Gasteiger partial charge is 0.433 e. The molecule has 0 N–H and O–H groups in total. The van der Waals surface area contributed by atoms with E-state index in [9.17, 15) is 13.2 Å². The Labute approximate surface area is 126 Å². The molecule has 0 amide bonds. The fourth-order valence-corrected chi connectivity index (χ4v) is 2.26. The van der Waals surface area contributed by atoms with E-state index in [0.717, 1.165) is 10.6 Å². The monoisotopic (exact) mass is 331 g/mol. The van der Waals surface area contributed by atoms with Gasteiger partial charge in [-0.25, -0.2) is 9.50 Å². The molecular weight excluding hydrogens is 326 g/mol. The van der Waals surface area contributed by atoms with Crippen molar-refractivity contribution >= 4 is 28.8 Å². The van der Waals surface area contributed by atoms with E-state index in [0.29, 0.717) is 16.1 Å². The van der Waals surface area contributed by atoms with Crippen molar-refractivity contribution in [1.82, 2.24) is 14.6 Å². The molecule has 0 saturated carbocycles. The summed E-state index contributed by atoms with van der Waals surface area (Å²) >= 11 is 11.6. The standard InChI is InChI=1S/C13H6Cl2F3N3/c14-8-3-1-7(2-4-8)9-6-19-21-11(15)5-10(13(16,17)18)20-12(9)21/h1-6H. The summed E-state index contributed by atoms with van der Waals surface area (Å²) in [5.74, 6) is 0. The first kappa shape index (κ1) is 14.2. The van der Waals surface area contributed by atoms with E-state index in [1.807, 2.05) is 0 Å². The Balaban J connectivity index is 2.25. The third-order valence-corrected chi connectivity index (χ3v) is 3.40. The molecule has 2 heterocycles. The Morgan fingerprint density at radius 1 is 1.05 bits per heavy atom. The van der Waals surface area contributed by atoms with Gasteiger partial charge in [0.05, 0.1) is 6.20 Å². The Hall–Kier alpha value is -1.79. The lowest BCUT2D eigenvalue weighted by molar-refractivity contribution is -0.141. The average molecular weight is 332 g/mol. The zero-order valence-corrected chi connectivity index (χ0v) is 11.7. The van der Waals surface area contributed by atoms with Gasteiger partial charge in [0, 0.05) is 16.7 Å². The fourth-order valence-electron chi connectivity index (χ4n) is 1.90. The van der Waals surface area contributed by atoms with Crippen LogP contribution in [0.3, 0.4) is 0 Å². The summed E-state index contributed by atoms with van der Waals surface area (Å²) in [5, 5.41) is 4.33. The van der Waals surface area contributed by atoms with Gasteiger partial charge in [0.25, 0.3) is 0 Å². The van der Waals surface area contributed by atoms with Gasteiger partial charge in [-0.2, -0.15) is 18.3 Å². The van der Waals surface area contributed by atoms with Gasteiger partial charge in [-0.05, 0) is 17.7 Å². The lowest BCUT2D eigenvalue weighted by Gasteiger charge is -2.07. The van der Waals surface area contributed by atoms with E-state index in [4.69, 9.17) is 23.2 Å². The maximum atomic E-state index is 12.8. The van der Waals surface area contributed by atoms with Crippen LogP contribution in [0.1, 0.15) is 5.69 Å². The molecule has 0 fully saturated rings. The molecule has 3 nitrogen and oxygen atoms in total. The van der Waals surface area contributed by atoms with Gasteiger partial charge in [0.2, 0.25) is 0 Å². The third-order valence-electron chi connectivity index (χ3n) is 2.87. The molecule has 0 atom stereocenters. The minimum atomic E-state index is -4.58. The van der Waals surface area contributed by atoms with Crippen LogP contribution in [0.2, 0.25) is 10.2 Å². The first-order chi connectivity index (χ1) is 9.86. The van der Waals surface area contributed by atoms with Gasteiger partial charge in [0.15, 0.2) is 5.65 Å². The summed E-state index contributed by atoms with van der Waals surface area (Å²) in [4.78, 5) is 3.62. The van der Waals surface area contributed by atoms with Crippen molar-refractivity contribution in [3.63, 3.8) is 0 Å². The summed E-state index contributed by atoms with van der Waals surface area (Å²) in [6.07, 6.45) is -3.16. The molecule has 21 heavy (non-hydrogen) atoms. The summed E-state index contributed by atoms with van der Waals surface area (Å²) in [5.41, 5.74) is 0.0739. The van der Waals surface area contributed by atoms with E-state index in [2.05, 4.69) is 10.1 Å². The van der Waals surface area contributed by atoms with Crippen molar-refractivity contribution in [2.24, 2.45) is 0 Å². The maximum Gasteiger partial charge on any atom is 0.433 e. The fraction of sp³-hybridized carbons (Fsp3) is 0.0769. The Bertz CT molecular complexity index is 810. The van der Waals surface area contributed by atoms with Crippen molar-refractivity contribution in [3.05, 3.63) is 52.4 Å². The third kappa shape index (κ3) is 2.56. The van der Waals surface area contributed by atoms with E-state index < -0.39 is 11.9 Å². The summed E-state index contributed by atoms with van der Waals surface area (Å²) in [6.45, 7) is 0. The number of hydrogen-bond donors (Lipinski definition) is 0. The molecule has 0 aliphatic heterocycles. The molecule has 3 aromatic rings. The molecule has 1 aromatic carbocycles. The molecule has 0 aliphatic carbocycles. The van der Waals surface area contributed by atoms with Gasteiger partial charge in [-0.1, -0.05) is 35.3 Å². The Morgan fingerprint density at radius 2 is 1.71 bits per heavy atom. The predicted molar refractivity (Wildman–Crippen MR) is 73.4 cm³/mol. The zero-order valence-electron chi connectivity index (χ0n) is 10.2. The quantitative estimate of drug-likeness (QED) is 0.604.